The Morgan fingerprint density at radius 3 is 1.57 bits per heavy atom. The van der Waals surface area contributed by atoms with E-state index in [4.69, 9.17) is 22.3 Å². The normalized spacial score (nSPS) is 18.6. The third kappa shape index (κ3) is 25.6. The summed E-state index contributed by atoms with van der Waals surface area (Å²) in [5.41, 5.74) is 11.6. The van der Waals surface area contributed by atoms with Crippen LogP contribution in [0.4, 0.5) is 13.2 Å². The number of ketones is 1. The van der Waals surface area contributed by atoms with E-state index in [1.807, 2.05) is 25.3 Å². The number of H-pyrrole nitrogens is 2. The van der Waals surface area contributed by atoms with Gasteiger partial charge in [0.2, 0.25) is 0 Å². The van der Waals surface area contributed by atoms with Crippen LogP contribution in [0.15, 0.2) is 110 Å². The van der Waals surface area contributed by atoms with Crippen molar-refractivity contribution in [2.45, 2.75) is 106 Å². The minimum Gasteiger partial charge on any atom is -0.423 e. The van der Waals surface area contributed by atoms with Gasteiger partial charge in [0.1, 0.15) is 30.0 Å². The number of halogens is 5. The molecule has 11 unspecified atom stereocenters. The summed E-state index contributed by atoms with van der Waals surface area (Å²) in [4.78, 5) is 37.7. The van der Waals surface area contributed by atoms with Gasteiger partial charge in [-0.15, -0.1) is 26.8 Å². The van der Waals surface area contributed by atoms with Crippen LogP contribution in [0.25, 0.3) is 11.1 Å². The van der Waals surface area contributed by atoms with Crippen molar-refractivity contribution >= 4 is 152 Å². The van der Waals surface area contributed by atoms with E-state index in [2.05, 4.69) is 89.4 Å². The largest absolute Gasteiger partial charge is 0.488 e. The monoisotopic (exact) mass is 1400 g/mol. The van der Waals surface area contributed by atoms with Crippen molar-refractivity contribution in [2.24, 2.45) is 17.8 Å². The van der Waals surface area contributed by atoms with Gasteiger partial charge in [0.15, 0.2) is 10.6 Å². The topological polar surface area (TPSA) is 123 Å². The minimum atomic E-state index is -1.51. The number of carbonyl (C=O) groups excluding carboxylic acids is 3. The summed E-state index contributed by atoms with van der Waals surface area (Å²) in [6.45, 7) is 8.74. The van der Waals surface area contributed by atoms with Crippen LogP contribution in [0.3, 0.4) is 0 Å². The third-order valence-corrected chi connectivity index (χ3v) is 45.9. The molecule has 1 heterocycles. The number of hydrogen-bond donors (Lipinski definition) is 4. The molecule has 0 radical (unpaired) electrons. The van der Waals surface area contributed by atoms with Crippen LogP contribution in [0.5, 0.6) is 0 Å². The number of aromatic amines is 2. The van der Waals surface area contributed by atoms with Gasteiger partial charge in [0.05, 0.1) is 4.48 Å². The molecular weight excluding hydrogens is 1330 g/mol. The SMILES string of the molecule is C.CC1=C(Br)C(=O)CC1.CC1=C(Br)C(CC=O)CC1.CC1=C(c2ccc(F)cc2)C(CC=O)CC1.CC1=C(c2ccc(F)cc2)C(Cc2c[nH]c(=S)[nH]2)CC1.OB(O)c1ccc(F)cc1.PPPPP(P)PP.[Pd]. The summed E-state index contributed by atoms with van der Waals surface area (Å²) in [6, 6.07) is 18.4. The molecule has 23 heteroatoms. The second kappa shape index (κ2) is 39.3. The fraction of sp³-hybridized carbons (Fsp3) is 0.373. The minimum absolute atomic E-state index is 0. The molecule has 408 valence electrons. The number of allylic oxidation sites excluding steroid dienone is 8. The van der Waals surface area contributed by atoms with E-state index < -0.39 is 7.12 Å². The zero-order valence-corrected chi connectivity index (χ0v) is 55.1. The van der Waals surface area contributed by atoms with Crippen molar-refractivity contribution in [3.63, 3.8) is 0 Å². The smallest absolute Gasteiger partial charge is 0.423 e. The average molecular weight is 1410 g/mol. The fourth-order valence-electron chi connectivity index (χ4n) is 8.40. The fourth-order valence-corrected chi connectivity index (χ4v) is 39.8. The molecule has 8 rings (SSSR count). The molecule has 4 aromatic rings. The number of imidazole rings is 1. The van der Waals surface area contributed by atoms with E-state index >= 15 is 0 Å². The molecule has 0 aliphatic heterocycles. The van der Waals surface area contributed by atoms with Gasteiger partial charge < -0.3 is 29.6 Å². The first-order chi connectivity index (χ1) is 34.3. The predicted molar refractivity (Wildman–Crippen MR) is 337 cm³/mol. The van der Waals surface area contributed by atoms with Gasteiger partial charge in [-0.3, -0.25) is 4.79 Å². The van der Waals surface area contributed by atoms with Gasteiger partial charge in [-0.2, -0.15) is 0 Å². The van der Waals surface area contributed by atoms with E-state index in [9.17, 15) is 27.6 Å². The Hall–Kier alpha value is -0.103. The molecule has 74 heavy (non-hydrogen) atoms. The van der Waals surface area contributed by atoms with E-state index in [0.29, 0.717) is 54.2 Å². The molecule has 1 aromatic heterocycles. The van der Waals surface area contributed by atoms with E-state index in [1.165, 1.54) is 102 Å². The van der Waals surface area contributed by atoms with Crippen molar-refractivity contribution in [2.75, 3.05) is 0 Å². The van der Waals surface area contributed by atoms with E-state index in [-0.39, 0.29) is 51.1 Å². The summed E-state index contributed by atoms with van der Waals surface area (Å²) in [7, 11) is 11.8. The number of nitrogens with one attached hydrogen (secondary N) is 2. The molecule has 11 atom stereocenters. The standard InChI is InChI=1S/C16H17FN2S.C14H15FO.C8H11BrO.C6H6BFO2.C6H7BrO.CH4.H10P8.Pd/c1-10-2-3-12(8-14-9-18-16(20)19-14)15(10)11-4-6-13(17)7-5-11;1-10-2-3-12(8-9-16)14(10)11-4-6-13(15)7-5-11;1-6-2-3-7(4-5-10)8(6)9;8-6-3-1-5(2-4-6)7(9)10;1-4-2-3-5(8)6(4)7;;1-4-6-7-8(3)5-2;/h4-7,9,12H,2-3,8H2,1H3,(H2,18,19,20);4-7,9,12H,2-3,8H2,1H3;5,7H,2-4H2,1H3;1-4,9-10H;2-3H2,1H3;1H4;4-7H,1-3H2;. The molecule has 0 fully saturated rings. The summed E-state index contributed by atoms with van der Waals surface area (Å²) in [5, 5.41) is 17.1. The van der Waals surface area contributed by atoms with Crippen LogP contribution in [0.1, 0.15) is 116 Å². The first-order valence-corrected chi connectivity index (χ1v) is 39.5. The summed E-state index contributed by atoms with van der Waals surface area (Å²) < 4.78 is 40.8. The molecule has 0 saturated carbocycles. The molecule has 0 saturated heterocycles. The Morgan fingerprint density at radius 2 is 1.19 bits per heavy atom. The van der Waals surface area contributed by atoms with Gasteiger partial charge in [-0.05, 0) is 201 Å². The van der Waals surface area contributed by atoms with Crippen LogP contribution in [0.2, 0.25) is 0 Å². The van der Waals surface area contributed by atoms with Crippen LogP contribution in [0, 0.1) is 40.0 Å². The first-order valence-electron chi connectivity index (χ1n) is 23.2. The zero-order valence-electron chi connectivity index (χ0n) is 41.2. The van der Waals surface area contributed by atoms with E-state index in [0.717, 1.165) is 101 Å². The number of Topliss-reactive ketones (excluding diaryl/α,β-unsaturated/α-hetero) is 1. The molecule has 0 amide bonds. The average Bonchev–Trinajstić information content (AvgIpc) is 4.19. The van der Waals surface area contributed by atoms with Crippen molar-refractivity contribution in [1.29, 1.82) is 0 Å². The number of rotatable bonds is 13. The van der Waals surface area contributed by atoms with Gasteiger partial charge in [-0.25, -0.2) is 13.2 Å². The van der Waals surface area contributed by atoms with Gasteiger partial charge >= 0.3 is 7.12 Å². The van der Waals surface area contributed by atoms with Crippen molar-refractivity contribution in [3.05, 3.63) is 149 Å². The van der Waals surface area contributed by atoms with Crippen molar-refractivity contribution in [1.82, 2.24) is 9.97 Å². The van der Waals surface area contributed by atoms with Gasteiger partial charge in [-0.1, -0.05) is 114 Å². The number of aromatic nitrogens is 2. The number of aldehydes is 2. The van der Waals surface area contributed by atoms with Crippen LogP contribution >= 0.6 is 110 Å². The van der Waals surface area contributed by atoms with E-state index in [1.54, 1.807) is 12.1 Å². The molecule has 0 bridgehead atoms. The quantitative estimate of drug-likeness (QED) is 0.0458. The maximum Gasteiger partial charge on any atom is 0.488 e. The Bertz CT molecular complexity index is 2560. The second-order valence-electron chi connectivity index (χ2n) is 17.3. The summed E-state index contributed by atoms with van der Waals surface area (Å²) >= 11 is 11.8. The van der Waals surface area contributed by atoms with Gasteiger partial charge in [0, 0.05) is 51.6 Å². The number of benzene rings is 3. The van der Waals surface area contributed by atoms with Crippen LogP contribution in [-0.4, -0.2) is 45.5 Å². The molecule has 4 N–H and O–H groups in total. The van der Waals surface area contributed by atoms with Crippen LogP contribution in [-0.2, 0) is 41.2 Å². The number of hydrogen-bond acceptors (Lipinski definition) is 6. The molecule has 4 aliphatic carbocycles. The Kier molecular flexibility index (Phi) is 38.2. The summed E-state index contributed by atoms with van der Waals surface area (Å²) in [5.74, 6) is 0.748. The number of carbonyl (C=O) groups is 3. The Balaban J connectivity index is 0.000000459. The molecule has 0 spiro atoms. The Morgan fingerprint density at radius 1 is 0.730 bits per heavy atom. The first kappa shape index (κ1) is 71.9. The van der Waals surface area contributed by atoms with Crippen LogP contribution < -0.4 is 5.46 Å². The van der Waals surface area contributed by atoms with Gasteiger partial charge in [0.25, 0.3) is 0 Å². The molecule has 4 aliphatic rings. The summed E-state index contributed by atoms with van der Waals surface area (Å²) in [6.07, 6.45) is 14.4. The predicted octanol–water partition coefficient (Wildman–Crippen LogP) is 17.3. The molecule has 3 aromatic carbocycles. The Labute approximate surface area is 488 Å². The zero-order chi connectivity index (χ0) is 53.3. The second-order valence-corrected chi connectivity index (χ2v) is 42.3. The molecule has 7 nitrogen and oxygen atoms in total. The third-order valence-electron chi connectivity index (χ3n) is 12.2. The maximum absolute atomic E-state index is 13.1. The van der Waals surface area contributed by atoms with Crippen molar-refractivity contribution < 1.29 is 58.0 Å². The van der Waals surface area contributed by atoms with Crippen molar-refractivity contribution in [3.8, 4) is 0 Å². The maximum atomic E-state index is 13.1. The molecular formula is C51H70BBr2F3N2O5P8PdS.